The van der Waals surface area contributed by atoms with Crippen molar-refractivity contribution in [3.8, 4) is 0 Å². The molecule has 0 aliphatic heterocycles. The third kappa shape index (κ3) is 16.3. The molecule has 0 spiro atoms. The van der Waals surface area contributed by atoms with Crippen LogP contribution in [-0.4, -0.2) is 9.55 Å². The first-order valence-electron chi connectivity index (χ1n) is 13.9. The third-order valence-electron chi connectivity index (χ3n) is 5.68. The van der Waals surface area contributed by atoms with Crippen LogP contribution in [0, 0.1) is 13.8 Å². The molecule has 0 bridgehead atoms. The minimum Gasteiger partial charge on any atom is -0.334 e. The van der Waals surface area contributed by atoms with Crippen LogP contribution in [0.5, 0.6) is 0 Å². The van der Waals surface area contributed by atoms with Crippen LogP contribution in [0.2, 0.25) is 0 Å². The number of aromatic nitrogens is 2. The Morgan fingerprint density at radius 1 is 0.594 bits per heavy atom. The molecule has 1 aromatic carbocycles. The van der Waals surface area contributed by atoms with Gasteiger partial charge in [0.15, 0.2) is 0 Å². The average molecular weight is 447 g/mol. The van der Waals surface area contributed by atoms with Gasteiger partial charge in [0.2, 0.25) is 0 Å². The molecule has 0 N–H and O–H groups in total. The molecule has 0 saturated heterocycles. The van der Waals surface area contributed by atoms with E-state index in [0.29, 0.717) is 0 Å². The van der Waals surface area contributed by atoms with E-state index in [1.807, 2.05) is 27.2 Å². The quantitative estimate of drug-likeness (QED) is 0.296. The zero-order chi connectivity index (χ0) is 24.6. The lowest BCUT2D eigenvalue weighted by Crippen LogP contribution is -1.87. The number of unbranched alkanes of at least 4 members (excludes halogenated alkanes) is 12. The van der Waals surface area contributed by atoms with Gasteiger partial charge in [0.1, 0.15) is 0 Å². The molecule has 2 nitrogen and oxygen atoms in total. The number of nitrogens with zero attached hydrogens (tertiary/aromatic N) is 2. The molecule has 0 amide bonds. The van der Waals surface area contributed by atoms with Crippen LogP contribution in [0.25, 0.3) is 11.0 Å². The molecule has 0 aliphatic carbocycles. The fourth-order valence-corrected chi connectivity index (χ4v) is 3.65. The first-order valence-corrected chi connectivity index (χ1v) is 13.9. The molecular weight excluding hydrogens is 388 g/mol. The van der Waals surface area contributed by atoms with E-state index in [1.165, 1.54) is 107 Å². The topological polar surface area (TPSA) is 17.8 Å². The zero-order valence-corrected chi connectivity index (χ0v) is 23.5. The SMILES string of the molecule is CC.CCCCCCCCC.CCCCCCCCC.Cc1ccc(C)c2c1ncn2C. The first kappa shape index (κ1) is 32.9. The molecule has 32 heavy (non-hydrogen) atoms. The van der Waals surface area contributed by atoms with Crippen molar-refractivity contribution < 1.29 is 0 Å². The van der Waals surface area contributed by atoms with Crippen molar-refractivity contribution in [3.05, 3.63) is 29.6 Å². The fraction of sp³-hybridized carbons (Fsp3) is 0.767. The molecule has 1 aromatic heterocycles. The van der Waals surface area contributed by atoms with Crippen LogP contribution >= 0.6 is 0 Å². The number of fused-ring (bicyclic) bond motifs is 1. The van der Waals surface area contributed by atoms with Gasteiger partial charge in [0.05, 0.1) is 17.4 Å². The summed E-state index contributed by atoms with van der Waals surface area (Å²) in [6.45, 7) is 17.3. The molecular formula is C30H58N2. The Morgan fingerprint density at radius 2 is 0.938 bits per heavy atom. The summed E-state index contributed by atoms with van der Waals surface area (Å²) in [6.07, 6.45) is 21.8. The van der Waals surface area contributed by atoms with E-state index in [-0.39, 0.29) is 0 Å². The maximum atomic E-state index is 4.34. The van der Waals surface area contributed by atoms with Gasteiger partial charge in [-0.3, -0.25) is 0 Å². The molecule has 2 aromatic rings. The highest BCUT2D eigenvalue weighted by atomic mass is 15.0. The Morgan fingerprint density at radius 3 is 1.28 bits per heavy atom. The summed E-state index contributed by atoms with van der Waals surface area (Å²) in [5.74, 6) is 0. The standard InChI is InChI=1S/C10H12N2.2C9H20.C2H6/c1-7-4-5-8(2)10-9(7)11-6-12(10)3;2*1-3-5-7-9-8-6-4-2;1-2/h4-6H,1-3H3;2*3-9H2,1-2H3;1-2H3. The highest BCUT2D eigenvalue weighted by molar-refractivity contribution is 5.81. The van der Waals surface area contributed by atoms with Crippen molar-refractivity contribution in [1.29, 1.82) is 0 Å². The Hall–Kier alpha value is -1.31. The summed E-state index contributed by atoms with van der Waals surface area (Å²) in [6, 6.07) is 4.25. The van der Waals surface area contributed by atoms with E-state index in [1.54, 1.807) is 0 Å². The normalized spacial score (nSPS) is 9.91. The minimum atomic E-state index is 1.12. The first-order chi connectivity index (χ1) is 15.5. The second-order valence-electron chi connectivity index (χ2n) is 8.79. The zero-order valence-electron chi connectivity index (χ0n) is 23.5. The summed E-state index contributed by atoms with van der Waals surface area (Å²) in [5, 5.41) is 0. The number of rotatable bonds is 12. The van der Waals surface area contributed by atoms with Crippen molar-refractivity contribution in [2.24, 2.45) is 7.05 Å². The monoisotopic (exact) mass is 446 g/mol. The van der Waals surface area contributed by atoms with Gasteiger partial charge < -0.3 is 4.57 Å². The van der Waals surface area contributed by atoms with Crippen LogP contribution in [0.3, 0.4) is 0 Å². The predicted molar refractivity (Wildman–Crippen MR) is 149 cm³/mol. The number of hydrogen-bond acceptors (Lipinski definition) is 1. The summed E-state index contributed by atoms with van der Waals surface area (Å²) in [4.78, 5) is 4.34. The van der Waals surface area contributed by atoms with Crippen molar-refractivity contribution in [2.45, 2.75) is 145 Å². The van der Waals surface area contributed by atoms with Gasteiger partial charge in [0.25, 0.3) is 0 Å². The van der Waals surface area contributed by atoms with E-state index < -0.39 is 0 Å². The van der Waals surface area contributed by atoms with Gasteiger partial charge in [-0.2, -0.15) is 0 Å². The summed E-state index contributed by atoms with van der Waals surface area (Å²) < 4.78 is 2.07. The minimum absolute atomic E-state index is 1.12. The third-order valence-corrected chi connectivity index (χ3v) is 5.68. The summed E-state index contributed by atoms with van der Waals surface area (Å²) in [7, 11) is 2.03. The number of hydrogen-bond donors (Lipinski definition) is 0. The Balaban J connectivity index is 0. The smallest absolute Gasteiger partial charge is 0.0955 e. The van der Waals surface area contributed by atoms with Crippen molar-refractivity contribution in [2.75, 3.05) is 0 Å². The largest absolute Gasteiger partial charge is 0.334 e. The number of aryl methyl sites for hydroxylation is 3. The van der Waals surface area contributed by atoms with Gasteiger partial charge >= 0.3 is 0 Å². The van der Waals surface area contributed by atoms with E-state index >= 15 is 0 Å². The molecule has 188 valence electrons. The van der Waals surface area contributed by atoms with Gasteiger partial charge in [-0.25, -0.2) is 4.98 Å². The lowest BCUT2D eigenvalue weighted by Gasteiger charge is -2.00. The van der Waals surface area contributed by atoms with Crippen molar-refractivity contribution in [3.63, 3.8) is 0 Å². The highest BCUT2D eigenvalue weighted by Crippen LogP contribution is 2.19. The van der Waals surface area contributed by atoms with Crippen molar-refractivity contribution >= 4 is 11.0 Å². The fourth-order valence-electron chi connectivity index (χ4n) is 3.65. The molecule has 0 saturated carbocycles. The van der Waals surface area contributed by atoms with Crippen LogP contribution in [0.1, 0.15) is 143 Å². The number of imidazole rings is 1. The Bertz CT molecular complexity index is 601. The summed E-state index contributed by atoms with van der Waals surface area (Å²) in [5.41, 5.74) is 4.90. The van der Waals surface area contributed by atoms with Gasteiger partial charge in [0, 0.05) is 7.05 Å². The predicted octanol–water partition coefficient (Wildman–Crippen LogP) is 10.7. The van der Waals surface area contributed by atoms with E-state index in [2.05, 4.69) is 63.2 Å². The van der Waals surface area contributed by atoms with Gasteiger partial charge in [-0.1, -0.05) is 144 Å². The van der Waals surface area contributed by atoms with Gasteiger partial charge in [-0.05, 0) is 25.0 Å². The van der Waals surface area contributed by atoms with Crippen LogP contribution in [0.15, 0.2) is 18.5 Å². The Kier molecular flexibility index (Phi) is 25.0. The molecule has 0 atom stereocenters. The Labute approximate surface area is 202 Å². The van der Waals surface area contributed by atoms with Crippen molar-refractivity contribution in [1.82, 2.24) is 9.55 Å². The van der Waals surface area contributed by atoms with Gasteiger partial charge in [-0.15, -0.1) is 0 Å². The molecule has 0 radical (unpaired) electrons. The summed E-state index contributed by atoms with van der Waals surface area (Å²) >= 11 is 0. The number of benzene rings is 1. The second kappa shape index (κ2) is 24.3. The molecule has 0 fully saturated rings. The average Bonchev–Trinajstić information content (AvgIpc) is 3.21. The van der Waals surface area contributed by atoms with E-state index in [9.17, 15) is 0 Å². The molecule has 2 rings (SSSR count). The van der Waals surface area contributed by atoms with E-state index in [4.69, 9.17) is 0 Å². The molecule has 1 heterocycles. The second-order valence-corrected chi connectivity index (χ2v) is 8.79. The maximum absolute atomic E-state index is 4.34. The van der Waals surface area contributed by atoms with Crippen LogP contribution in [0.4, 0.5) is 0 Å². The molecule has 2 heteroatoms. The van der Waals surface area contributed by atoms with E-state index in [0.717, 1.165) is 5.52 Å². The maximum Gasteiger partial charge on any atom is 0.0955 e. The highest BCUT2D eigenvalue weighted by Gasteiger charge is 2.04. The molecule has 0 unspecified atom stereocenters. The van der Waals surface area contributed by atoms with Crippen LogP contribution in [-0.2, 0) is 7.05 Å². The lowest BCUT2D eigenvalue weighted by atomic mass is 10.1. The van der Waals surface area contributed by atoms with Crippen LogP contribution < -0.4 is 0 Å². The molecule has 0 aliphatic rings. The lowest BCUT2D eigenvalue weighted by molar-refractivity contribution is 0.602.